The highest BCUT2D eigenvalue weighted by Crippen LogP contribution is 2.38. The number of thiophene rings is 1. The number of carbonyl (C=O) groups is 2. The minimum Gasteiger partial charge on any atom is -0.324 e. The van der Waals surface area contributed by atoms with Gasteiger partial charge in [-0.25, -0.2) is 0 Å². The van der Waals surface area contributed by atoms with E-state index in [1.165, 1.54) is 0 Å². The Morgan fingerprint density at radius 3 is 2.83 bits per heavy atom. The Kier molecular flexibility index (Phi) is 4.71. The summed E-state index contributed by atoms with van der Waals surface area (Å²) in [5.41, 5.74) is 2.90. The molecule has 0 fully saturated rings. The summed E-state index contributed by atoms with van der Waals surface area (Å²) in [6.45, 7) is 6.16. The first kappa shape index (κ1) is 16.7. The van der Waals surface area contributed by atoms with Gasteiger partial charge in [0.1, 0.15) is 6.54 Å². The minimum absolute atomic E-state index is 0.0212. The molecule has 1 unspecified atom stereocenters. The number of hydrogen-bond acceptors (Lipinski definition) is 3. The van der Waals surface area contributed by atoms with Crippen molar-refractivity contribution in [2.75, 3.05) is 11.9 Å². The molecule has 0 spiro atoms. The monoisotopic (exact) mass is 342 g/mol. The van der Waals surface area contributed by atoms with Crippen molar-refractivity contribution in [3.8, 4) is 0 Å². The van der Waals surface area contributed by atoms with Gasteiger partial charge in [0.25, 0.3) is 0 Å². The van der Waals surface area contributed by atoms with Gasteiger partial charge in [-0.1, -0.05) is 37.6 Å². The van der Waals surface area contributed by atoms with Crippen molar-refractivity contribution in [2.24, 2.45) is 5.92 Å². The summed E-state index contributed by atoms with van der Waals surface area (Å²) >= 11 is 1.62. The number of carbonyl (C=O) groups excluding carboxylic acids is 2. The smallest absolute Gasteiger partial charge is 0.244 e. The summed E-state index contributed by atoms with van der Waals surface area (Å²) in [6, 6.07) is 9.79. The van der Waals surface area contributed by atoms with Gasteiger partial charge in [0.2, 0.25) is 11.8 Å². The molecule has 126 valence electrons. The van der Waals surface area contributed by atoms with Crippen LogP contribution in [0.2, 0.25) is 0 Å². The third kappa shape index (κ3) is 3.36. The molecular weight excluding hydrogens is 320 g/mol. The molecule has 1 aromatic heterocycles. The molecular formula is C19H22N2O2S. The summed E-state index contributed by atoms with van der Waals surface area (Å²) in [6.07, 6.45) is 0.441. The highest BCUT2D eigenvalue weighted by atomic mass is 32.1. The molecule has 1 aromatic carbocycles. The van der Waals surface area contributed by atoms with E-state index in [1.807, 2.05) is 50.4 Å². The highest BCUT2D eigenvalue weighted by Gasteiger charge is 2.34. The zero-order valence-electron chi connectivity index (χ0n) is 14.2. The Hall–Kier alpha value is -2.14. The number of nitrogens with zero attached hydrogens (tertiary/aromatic N) is 1. The molecule has 4 nitrogen and oxygen atoms in total. The fourth-order valence-corrected chi connectivity index (χ4v) is 3.93. The maximum Gasteiger partial charge on any atom is 0.244 e. The summed E-state index contributed by atoms with van der Waals surface area (Å²) in [5, 5.41) is 4.96. The van der Waals surface area contributed by atoms with Crippen molar-refractivity contribution in [3.63, 3.8) is 0 Å². The van der Waals surface area contributed by atoms with Crippen molar-refractivity contribution < 1.29 is 9.59 Å². The second kappa shape index (κ2) is 6.77. The number of rotatable bonds is 3. The molecule has 3 rings (SSSR count). The molecule has 0 saturated heterocycles. The molecule has 1 atom stereocenters. The fourth-order valence-electron chi connectivity index (χ4n) is 3.08. The van der Waals surface area contributed by atoms with Crippen molar-refractivity contribution in [1.82, 2.24) is 4.90 Å². The van der Waals surface area contributed by atoms with Crippen molar-refractivity contribution in [2.45, 2.75) is 33.2 Å². The van der Waals surface area contributed by atoms with E-state index in [0.717, 1.165) is 21.7 Å². The summed E-state index contributed by atoms with van der Waals surface area (Å²) < 4.78 is 0. The fraction of sp³-hybridized carbons (Fsp3) is 0.368. The molecule has 0 bridgehead atoms. The predicted octanol–water partition coefficient (Wildman–Crippen LogP) is 3.97. The molecule has 1 aliphatic heterocycles. The van der Waals surface area contributed by atoms with E-state index in [4.69, 9.17) is 0 Å². The molecule has 0 radical (unpaired) electrons. The number of amides is 2. The van der Waals surface area contributed by atoms with Crippen LogP contribution in [-0.4, -0.2) is 23.3 Å². The number of benzene rings is 1. The van der Waals surface area contributed by atoms with Crippen LogP contribution >= 0.6 is 11.3 Å². The van der Waals surface area contributed by atoms with E-state index in [0.29, 0.717) is 6.42 Å². The first-order valence-electron chi connectivity index (χ1n) is 8.19. The Labute approximate surface area is 146 Å². The van der Waals surface area contributed by atoms with Gasteiger partial charge in [-0.15, -0.1) is 11.3 Å². The maximum absolute atomic E-state index is 12.9. The normalized spacial score (nSPS) is 17.4. The first-order valence-corrected chi connectivity index (χ1v) is 9.07. The van der Waals surface area contributed by atoms with E-state index in [2.05, 4.69) is 11.4 Å². The van der Waals surface area contributed by atoms with Crippen molar-refractivity contribution >= 4 is 28.8 Å². The average Bonchev–Trinajstić information content (AvgIpc) is 2.97. The Bertz CT molecular complexity index is 753. The van der Waals surface area contributed by atoms with Gasteiger partial charge in [0.05, 0.1) is 6.04 Å². The van der Waals surface area contributed by atoms with Crippen LogP contribution in [0, 0.1) is 12.8 Å². The molecule has 2 heterocycles. The minimum atomic E-state index is -0.218. The van der Waals surface area contributed by atoms with Gasteiger partial charge >= 0.3 is 0 Å². The molecule has 2 amide bonds. The number of hydrogen-bond donors (Lipinski definition) is 1. The zero-order chi connectivity index (χ0) is 17.3. The van der Waals surface area contributed by atoms with Gasteiger partial charge in [0.15, 0.2) is 0 Å². The van der Waals surface area contributed by atoms with Crippen LogP contribution in [0.25, 0.3) is 0 Å². The molecule has 24 heavy (non-hydrogen) atoms. The second-order valence-electron chi connectivity index (χ2n) is 6.68. The zero-order valence-corrected chi connectivity index (χ0v) is 15.0. The van der Waals surface area contributed by atoms with E-state index < -0.39 is 0 Å². The Morgan fingerprint density at radius 1 is 1.38 bits per heavy atom. The lowest BCUT2D eigenvalue weighted by Crippen LogP contribution is -2.39. The van der Waals surface area contributed by atoms with Crippen molar-refractivity contribution in [1.29, 1.82) is 0 Å². The van der Waals surface area contributed by atoms with E-state index in [-0.39, 0.29) is 30.3 Å². The Morgan fingerprint density at radius 2 is 2.17 bits per heavy atom. The Balaban J connectivity index is 2.12. The topological polar surface area (TPSA) is 49.4 Å². The van der Waals surface area contributed by atoms with Crippen LogP contribution in [0.3, 0.4) is 0 Å². The lowest BCUT2D eigenvalue weighted by atomic mass is 9.98. The summed E-state index contributed by atoms with van der Waals surface area (Å²) in [4.78, 5) is 28.0. The van der Waals surface area contributed by atoms with Gasteiger partial charge in [0, 0.05) is 22.5 Å². The molecule has 1 N–H and O–H groups in total. The van der Waals surface area contributed by atoms with E-state index in [9.17, 15) is 9.59 Å². The van der Waals surface area contributed by atoms with Gasteiger partial charge in [-0.3, -0.25) is 9.59 Å². The predicted molar refractivity (Wildman–Crippen MR) is 97.1 cm³/mol. The van der Waals surface area contributed by atoms with E-state index >= 15 is 0 Å². The SMILES string of the molecule is Cc1ccc2c(c1)C(c1cccs1)N(C(=O)CC(C)C)CC(=O)N2. The van der Waals surface area contributed by atoms with Crippen molar-refractivity contribution in [3.05, 3.63) is 51.7 Å². The number of aryl methyl sites for hydroxylation is 1. The van der Waals surface area contributed by atoms with Gasteiger partial charge in [-0.2, -0.15) is 0 Å². The number of fused-ring (bicyclic) bond motifs is 1. The maximum atomic E-state index is 12.9. The van der Waals surface area contributed by atoms with Crippen LogP contribution in [0.1, 0.15) is 42.3 Å². The summed E-state index contributed by atoms with van der Waals surface area (Å²) in [5.74, 6) is 0.133. The molecule has 0 saturated carbocycles. The number of anilines is 1. The highest BCUT2D eigenvalue weighted by molar-refractivity contribution is 7.10. The van der Waals surface area contributed by atoms with E-state index in [1.54, 1.807) is 16.2 Å². The van der Waals surface area contributed by atoms with Crippen LogP contribution in [0.4, 0.5) is 5.69 Å². The molecule has 5 heteroatoms. The van der Waals surface area contributed by atoms with Crippen LogP contribution in [0.15, 0.2) is 35.7 Å². The number of nitrogens with one attached hydrogen (secondary N) is 1. The largest absolute Gasteiger partial charge is 0.324 e. The second-order valence-corrected chi connectivity index (χ2v) is 7.66. The van der Waals surface area contributed by atoms with Crippen LogP contribution < -0.4 is 5.32 Å². The molecule has 1 aliphatic rings. The standard InChI is InChI=1S/C19H22N2O2S/c1-12(2)9-18(23)21-11-17(22)20-15-7-6-13(3)10-14(15)19(21)16-5-4-8-24-16/h4-8,10,12,19H,9,11H2,1-3H3,(H,20,22). The van der Waals surface area contributed by atoms with Crippen LogP contribution in [0.5, 0.6) is 0 Å². The molecule has 2 aromatic rings. The third-order valence-corrected chi connectivity index (χ3v) is 5.04. The van der Waals surface area contributed by atoms with Gasteiger partial charge in [-0.05, 0) is 30.4 Å². The third-order valence-electron chi connectivity index (χ3n) is 4.12. The first-order chi connectivity index (χ1) is 11.5. The van der Waals surface area contributed by atoms with Gasteiger partial charge < -0.3 is 10.2 Å². The van der Waals surface area contributed by atoms with Crippen LogP contribution in [-0.2, 0) is 9.59 Å². The lowest BCUT2D eigenvalue weighted by molar-refractivity contribution is -0.136. The quantitative estimate of drug-likeness (QED) is 0.917. The lowest BCUT2D eigenvalue weighted by Gasteiger charge is -2.30. The summed E-state index contributed by atoms with van der Waals surface area (Å²) in [7, 11) is 0. The average molecular weight is 342 g/mol. The molecule has 0 aliphatic carbocycles.